The Morgan fingerprint density at radius 2 is 2.15 bits per heavy atom. The maximum absolute atomic E-state index is 11.5. The maximum Gasteiger partial charge on any atom is 0.360 e. The van der Waals surface area contributed by atoms with Gasteiger partial charge in [0.15, 0.2) is 10.9 Å². The van der Waals surface area contributed by atoms with Gasteiger partial charge >= 0.3 is 7.60 Å². The van der Waals surface area contributed by atoms with Gasteiger partial charge in [0.05, 0.1) is 11.1 Å². The third kappa shape index (κ3) is 2.32. The molecular weight excluding hydrogens is 319 g/mol. The summed E-state index contributed by atoms with van der Waals surface area (Å²) in [6.45, 7) is 0. The van der Waals surface area contributed by atoms with Gasteiger partial charge in [-0.05, 0) is 17.5 Å². The third-order valence-electron chi connectivity index (χ3n) is 2.56. The van der Waals surface area contributed by atoms with Crippen molar-refractivity contribution in [2.45, 2.75) is 0 Å². The number of nitrogens with two attached hydrogens (primary N) is 1. The van der Waals surface area contributed by atoms with E-state index in [0.717, 1.165) is 9.75 Å². The second kappa shape index (κ2) is 4.83. The summed E-state index contributed by atoms with van der Waals surface area (Å²) in [4.78, 5) is 24.5. The summed E-state index contributed by atoms with van der Waals surface area (Å²) in [6.07, 6.45) is 1.23. The van der Waals surface area contributed by atoms with E-state index in [4.69, 9.17) is 10.2 Å². The van der Waals surface area contributed by atoms with Crippen molar-refractivity contribution < 1.29 is 18.8 Å². The number of thiophene rings is 1. The van der Waals surface area contributed by atoms with Crippen molar-refractivity contribution in [3.05, 3.63) is 29.8 Å². The Morgan fingerprint density at radius 3 is 2.80 bits per heavy atom. The molecule has 0 unspecified atom stereocenters. The van der Waals surface area contributed by atoms with E-state index in [-0.39, 0.29) is 11.1 Å². The predicted molar refractivity (Wildman–Crippen MR) is 79.2 cm³/mol. The molecule has 0 aromatic carbocycles. The van der Waals surface area contributed by atoms with Crippen LogP contribution >= 0.6 is 30.3 Å². The number of nitrogens with zero attached hydrogens (tertiary/aromatic N) is 1. The smallest absolute Gasteiger partial charge is 0.360 e. The molecule has 0 aliphatic heterocycles. The van der Waals surface area contributed by atoms with Crippen LogP contribution in [0.3, 0.4) is 0 Å². The van der Waals surface area contributed by atoms with E-state index in [0.29, 0.717) is 10.8 Å². The summed E-state index contributed by atoms with van der Waals surface area (Å²) in [6, 6.07) is 5.02. The largest absolute Gasteiger partial charge is 0.462 e. The molecule has 0 bridgehead atoms. The number of nitrogen functional groups attached to an aromatic ring is 1. The van der Waals surface area contributed by atoms with E-state index in [2.05, 4.69) is 4.98 Å². The molecule has 9 heteroatoms. The van der Waals surface area contributed by atoms with Crippen molar-refractivity contribution in [3.8, 4) is 21.2 Å². The zero-order chi connectivity index (χ0) is 14.3. The van der Waals surface area contributed by atoms with Crippen molar-refractivity contribution >= 4 is 40.7 Å². The van der Waals surface area contributed by atoms with Crippen LogP contribution in [0, 0.1) is 0 Å². The Morgan fingerprint density at radius 1 is 1.35 bits per heavy atom. The predicted octanol–water partition coefficient (Wildman–Crippen LogP) is 2.52. The van der Waals surface area contributed by atoms with E-state index in [1.807, 2.05) is 17.5 Å². The number of furan rings is 1. The van der Waals surface area contributed by atoms with Gasteiger partial charge in [-0.1, -0.05) is 17.4 Å². The Bertz CT molecular complexity index is 787. The maximum atomic E-state index is 11.5. The molecule has 0 radical (unpaired) electrons. The molecule has 0 aliphatic carbocycles. The van der Waals surface area contributed by atoms with Gasteiger partial charge in [0.1, 0.15) is 11.0 Å². The van der Waals surface area contributed by atoms with E-state index < -0.39 is 7.60 Å². The molecule has 0 fully saturated rings. The first-order valence-corrected chi connectivity index (χ1v) is 8.72. The van der Waals surface area contributed by atoms with Gasteiger partial charge in [-0.3, -0.25) is 4.57 Å². The Labute approximate surface area is 121 Å². The van der Waals surface area contributed by atoms with E-state index >= 15 is 0 Å². The average Bonchev–Trinajstić information content (AvgIpc) is 3.06. The number of hydrogen-bond donors (Lipinski definition) is 3. The highest BCUT2D eigenvalue weighted by molar-refractivity contribution is 7.60. The number of rotatable bonds is 3. The summed E-state index contributed by atoms with van der Waals surface area (Å²) < 4.78 is 16.7. The SMILES string of the molecule is Nc1nc(-c2occc2P(=O)(O)O)c(-c2cccs2)s1. The zero-order valence-corrected chi connectivity index (χ0v) is 12.4. The molecule has 0 atom stereocenters. The van der Waals surface area contributed by atoms with E-state index in [9.17, 15) is 14.4 Å². The standard InChI is InChI=1S/C11H9N2O4PS2/c12-11-13-8(10(20-11)7-2-1-5-19-7)9-6(3-4-17-9)18(14,15)16/h1-5H,(H2,12,13)(H2,14,15,16). The van der Waals surface area contributed by atoms with Crippen molar-refractivity contribution in [2.24, 2.45) is 0 Å². The second-order valence-electron chi connectivity index (χ2n) is 3.89. The van der Waals surface area contributed by atoms with Crippen LogP contribution in [0.15, 0.2) is 34.3 Å². The van der Waals surface area contributed by atoms with Crippen LogP contribution in [0.1, 0.15) is 0 Å². The van der Waals surface area contributed by atoms with Crippen LogP contribution in [-0.2, 0) is 4.57 Å². The summed E-state index contributed by atoms with van der Waals surface area (Å²) in [5.41, 5.74) is 6.09. The molecule has 104 valence electrons. The fraction of sp³-hybridized carbons (Fsp3) is 0. The first-order chi connectivity index (χ1) is 9.47. The highest BCUT2D eigenvalue weighted by Gasteiger charge is 2.28. The Balaban J connectivity index is 2.22. The first kappa shape index (κ1) is 13.5. The fourth-order valence-electron chi connectivity index (χ4n) is 1.77. The van der Waals surface area contributed by atoms with Gasteiger partial charge in [0.25, 0.3) is 0 Å². The summed E-state index contributed by atoms with van der Waals surface area (Å²) in [5, 5.41) is 2.04. The molecular formula is C11H9N2O4PS2. The van der Waals surface area contributed by atoms with Gasteiger partial charge in [-0.15, -0.1) is 11.3 Å². The van der Waals surface area contributed by atoms with Gasteiger partial charge in [0.2, 0.25) is 0 Å². The summed E-state index contributed by atoms with van der Waals surface area (Å²) in [5.74, 6) is 0.0645. The third-order valence-corrected chi connectivity index (χ3v) is 5.48. The lowest BCUT2D eigenvalue weighted by Gasteiger charge is -2.03. The van der Waals surface area contributed by atoms with Crippen molar-refractivity contribution in [3.63, 3.8) is 0 Å². The molecule has 0 amide bonds. The highest BCUT2D eigenvalue weighted by Crippen LogP contribution is 2.44. The zero-order valence-electron chi connectivity index (χ0n) is 9.89. The number of hydrogen-bond acceptors (Lipinski definition) is 6. The Hall–Kier alpha value is -1.44. The van der Waals surface area contributed by atoms with Crippen molar-refractivity contribution in [1.29, 1.82) is 0 Å². The normalized spacial score (nSPS) is 11.9. The van der Waals surface area contributed by atoms with E-state index in [1.54, 1.807) is 0 Å². The fourth-order valence-corrected chi connectivity index (χ4v) is 4.14. The van der Waals surface area contributed by atoms with Crippen LogP contribution < -0.4 is 11.0 Å². The minimum Gasteiger partial charge on any atom is -0.462 e. The van der Waals surface area contributed by atoms with Gasteiger partial charge < -0.3 is 19.9 Å². The van der Waals surface area contributed by atoms with E-state index in [1.165, 1.54) is 35.0 Å². The number of anilines is 1. The molecule has 0 spiro atoms. The molecule has 0 aliphatic rings. The molecule has 20 heavy (non-hydrogen) atoms. The molecule has 3 rings (SSSR count). The van der Waals surface area contributed by atoms with Crippen molar-refractivity contribution in [2.75, 3.05) is 5.73 Å². The molecule has 0 saturated heterocycles. The Kier molecular flexibility index (Phi) is 3.27. The topological polar surface area (TPSA) is 110 Å². The van der Waals surface area contributed by atoms with Gasteiger partial charge in [-0.2, -0.15) is 0 Å². The monoisotopic (exact) mass is 328 g/mol. The second-order valence-corrected chi connectivity index (χ2v) is 7.43. The average molecular weight is 328 g/mol. The summed E-state index contributed by atoms with van der Waals surface area (Å²) >= 11 is 2.75. The number of thiazole rings is 1. The summed E-state index contributed by atoms with van der Waals surface area (Å²) in [7, 11) is -4.43. The van der Waals surface area contributed by atoms with Crippen LogP contribution in [0.4, 0.5) is 5.13 Å². The highest BCUT2D eigenvalue weighted by atomic mass is 32.1. The van der Waals surface area contributed by atoms with Crippen LogP contribution in [-0.4, -0.2) is 14.8 Å². The van der Waals surface area contributed by atoms with Crippen molar-refractivity contribution in [1.82, 2.24) is 4.98 Å². The van der Waals surface area contributed by atoms with Gasteiger partial charge in [-0.25, -0.2) is 4.98 Å². The van der Waals surface area contributed by atoms with Crippen LogP contribution in [0.5, 0.6) is 0 Å². The molecule has 3 aromatic rings. The lowest BCUT2D eigenvalue weighted by atomic mass is 10.2. The molecule has 3 aromatic heterocycles. The lowest BCUT2D eigenvalue weighted by molar-refractivity contribution is 0.387. The first-order valence-electron chi connectivity index (χ1n) is 5.41. The minimum absolute atomic E-state index is 0.0645. The minimum atomic E-state index is -4.43. The lowest BCUT2D eigenvalue weighted by Crippen LogP contribution is -2.04. The molecule has 0 saturated carbocycles. The molecule has 4 N–H and O–H groups in total. The number of aromatic nitrogens is 1. The van der Waals surface area contributed by atoms with Crippen LogP contribution in [0.25, 0.3) is 21.2 Å². The molecule has 3 heterocycles. The molecule has 6 nitrogen and oxygen atoms in total. The van der Waals surface area contributed by atoms with Crippen LogP contribution in [0.2, 0.25) is 0 Å². The van der Waals surface area contributed by atoms with Gasteiger partial charge in [0, 0.05) is 4.88 Å². The quantitative estimate of drug-likeness (QED) is 0.637.